The highest BCUT2D eigenvalue weighted by Crippen LogP contribution is 2.29. The average molecular weight is 435 g/mol. The Balaban J connectivity index is 1.45. The third-order valence-electron chi connectivity index (χ3n) is 3.61. The standard InChI is InChI=1S/C19H19FN4O3S2/c1-12(27-16-6-4-3-5-15(16)20)11-21-17(25)22-18-23-19(24-29-18)28-14-9-7-13(26-2)8-10-14/h3-10,12H,11H2,1-2H3,(H2,21,22,23,24,25). The number of para-hydroxylation sites is 1. The number of hydrogen-bond acceptors (Lipinski definition) is 7. The summed E-state index contributed by atoms with van der Waals surface area (Å²) in [6.45, 7) is 1.94. The normalized spacial score (nSPS) is 11.6. The van der Waals surface area contributed by atoms with Crippen LogP contribution in [0.2, 0.25) is 0 Å². The van der Waals surface area contributed by atoms with E-state index in [-0.39, 0.29) is 12.3 Å². The van der Waals surface area contributed by atoms with Crippen LogP contribution in [0.15, 0.2) is 58.6 Å². The molecule has 0 spiro atoms. The van der Waals surface area contributed by atoms with Crippen molar-refractivity contribution in [3.05, 3.63) is 54.3 Å². The maximum Gasteiger partial charge on any atom is 0.321 e. The number of nitrogens with zero attached hydrogens (tertiary/aromatic N) is 2. The molecule has 1 heterocycles. The number of amides is 2. The Morgan fingerprint density at radius 3 is 2.72 bits per heavy atom. The fourth-order valence-corrected chi connectivity index (χ4v) is 3.64. The predicted molar refractivity (Wildman–Crippen MR) is 111 cm³/mol. The lowest BCUT2D eigenvalue weighted by atomic mass is 10.3. The molecule has 0 saturated carbocycles. The molecule has 0 saturated heterocycles. The van der Waals surface area contributed by atoms with Crippen LogP contribution in [0, 0.1) is 5.82 Å². The van der Waals surface area contributed by atoms with Gasteiger partial charge in [0.1, 0.15) is 11.9 Å². The zero-order valence-electron chi connectivity index (χ0n) is 15.7. The van der Waals surface area contributed by atoms with E-state index in [1.54, 1.807) is 26.2 Å². The van der Waals surface area contributed by atoms with Gasteiger partial charge in [-0.1, -0.05) is 12.1 Å². The SMILES string of the molecule is COc1ccc(Sc2nsc(NC(=O)NCC(C)Oc3ccccc3F)n2)cc1. The van der Waals surface area contributed by atoms with Gasteiger partial charge in [0.25, 0.3) is 0 Å². The highest BCUT2D eigenvalue weighted by Gasteiger charge is 2.12. The molecule has 3 rings (SSSR count). The van der Waals surface area contributed by atoms with E-state index in [2.05, 4.69) is 20.0 Å². The third-order valence-corrected chi connectivity index (χ3v) is 5.23. The second kappa shape index (κ2) is 10.1. The summed E-state index contributed by atoms with van der Waals surface area (Å²) in [5.41, 5.74) is 0. The summed E-state index contributed by atoms with van der Waals surface area (Å²) >= 11 is 2.47. The molecular weight excluding hydrogens is 415 g/mol. The summed E-state index contributed by atoms with van der Waals surface area (Å²) < 4.78 is 28.4. The molecule has 2 N–H and O–H groups in total. The summed E-state index contributed by atoms with van der Waals surface area (Å²) in [5, 5.41) is 6.20. The van der Waals surface area contributed by atoms with Crippen LogP contribution in [-0.2, 0) is 0 Å². The van der Waals surface area contributed by atoms with Gasteiger partial charge in [-0.15, -0.1) is 0 Å². The molecule has 7 nitrogen and oxygen atoms in total. The second-order valence-electron chi connectivity index (χ2n) is 5.85. The minimum Gasteiger partial charge on any atom is -0.497 e. The van der Waals surface area contributed by atoms with Crippen molar-refractivity contribution in [2.45, 2.75) is 23.1 Å². The first-order valence-electron chi connectivity index (χ1n) is 8.65. The van der Waals surface area contributed by atoms with Gasteiger partial charge in [-0.25, -0.2) is 9.18 Å². The van der Waals surface area contributed by atoms with E-state index >= 15 is 0 Å². The Morgan fingerprint density at radius 1 is 1.24 bits per heavy atom. The Kier molecular flexibility index (Phi) is 7.25. The minimum atomic E-state index is -0.445. The summed E-state index contributed by atoms with van der Waals surface area (Å²) in [6, 6.07) is 13.2. The lowest BCUT2D eigenvalue weighted by Gasteiger charge is -2.15. The lowest BCUT2D eigenvalue weighted by Crippen LogP contribution is -2.36. The zero-order valence-corrected chi connectivity index (χ0v) is 17.3. The van der Waals surface area contributed by atoms with Gasteiger partial charge in [-0.3, -0.25) is 5.32 Å². The first kappa shape index (κ1) is 20.9. The Hall–Kier alpha value is -2.85. The van der Waals surface area contributed by atoms with Gasteiger partial charge in [0.15, 0.2) is 11.6 Å². The molecule has 3 aromatic rings. The number of ether oxygens (including phenoxy) is 2. The molecule has 2 aromatic carbocycles. The van der Waals surface area contributed by atoms with Gasteiger partial charge < -0.3 is 14.8 Å². The first-order valence-corrected chi connectivity index (χ1v) is 10.2. The molecule has 0 bridgehead atoms. The number of methoxy groups -OCH3 is 1. The quantitative estimate of drug-likeness (QED) is 0.546. The molecule has 0 aliphatic rings. The van der Waals surface area contributed by atoms with Gasteiger partial charge in [0.2, 0.25) is 10.3 Å². The van der Waals surface area contributed by atoms with E-state index in [4.69, 9.17) is 9.47 Å². The van der Waals surface area contributed by atoms with Crippen LogP contribution in [0.3, 0.4) is 0 Å². The van der Waals surface area contributed by atoms with Crippen molar-refractivity contribution in [1.82, 2.24) is 14.7 Å². The van der Waals surface area contributed by atoms with Crippen molar-refractivity contribution in [1.29, 1.82) is 0 Å². The van der Waals surface area contributed by atoms with Gasteiger partial charge in [-0.05, 0) is 55.1 Å². The molecule has 0 fully saturated rings. The number of nitrogens with one attached hydrogen (secondary N) is 2. The molecule has 0 aliphatic heterocycles. The Morgan fingerprint density at radius 2 is 2.00 bits per heavy atom. The average Bonchev–Trinajstić information content (AvgIpc) is 3.15. The number of urea groups is 1. The fourth-order valence-electron chi connectivity index (χ4n) is 2.23. The van der Waals surface area contributed by atoms with Crippen molar-refractivity contribution in [3.8, 4) is 11.5 Å². The van der Waals surface area contributed by atoms with Gasteiger partial charge in [0, 0.05) is 16.4 Å². The maximum absolute atomic E-state index is 13.6. The summed E-state index contributed by atoms with van der Waals surface area (Å²) in [5.74, 6) is 0.471. The van der Waals surface area contributed by atoms with Gasteiger partial charge >= 0.3 is 6.03 Å². The fraction of sp³-hybridized carbons (Fsp3) is 0.211. The van der Waals surface area contributed by atoms with E-state index in [0.29, 0.717) is 10.3 Å². The summed E-state index contributed by atoms with van der Waals surface area (Å²) in [4.78, 5) is 17.3. The minimum absolute atomic E-state index is 0.145. The van der Waals surface area contributed by atoms with Crippen LogP contribution in [0.1, 0.15) is 6.92 Å². The number of hydrogen-bond donors (Lipinski definition) is 2. The van der Waals surface area contributed by atoms with Crippen molar-refractivity contribution >= 4 is 34.5 Å². The first-order chi connectivity index (χ1) is 14.0. The van der Waals surface area contributed by atoms with Crippen molar-refractivity contribution in [3.63, 3.8) is 0 Å². The number of halogens is 1. The van der Waals surface area contributed by atoms with Gasteiger partial charge in [0.05, 0.1) is 13.7 Å². The highest BCUT2D eigenvalue weighted by molar-refractivity contribution is 7.99. The maximum atomic E-state index is 13.6. The number of rotatable bonds is 8. The van der Waals surface area contributed by atoms with Gasteiger partial charge in [-0.2, -0.15) is 9.36 Å². The molecule has 10 heteroatoms. The van der Waals surface area contributed by atoms with E-state index in [9.17, 15) is 9.18 Å². The Labute approximate surface area is 175 Å². The molecule has 1 aromatic heterocycles. The smallest absolute Gasteiger partial charge is 0.321 e. The lowest BCUT2D eigenvalue weighted by molar-refractivity contribution is 0.205. The number of aromatic nitrogens is 2. The van der Waals surface area contributed by atoms with Crippen molar-refractivity contribution in [2.24, 2.45) is 0 Å². The second-order valence-corrected chi connectivity index (χ2v) is 7.65. The molecule has 0 radical (unpaired) electrons. The summed E-state index contributed by atoms with van der Waals surface area (Å²) in [6.07, 6.45) is -0.409. The van der Waals surface area contributed by atoms with Crippen LogP contribution in [-0.4, -0.2) is 35.1 Å². The van der Waals surface area contributed by atoms with Crippen molar-refractivity contribution in [2.75, 3.05) is 19.0 Å². The monoisotopic (exact) mass is 434 g/mol. The molecular formula is C19H19FN4O3S2. The van der Waals surface area contributed by atoms with Crippen LogP contribution in [0.4, 0.5) is 14.3 Å². The number of benzene rings is 2. The topological polar surface area (TPSA) is 85.4 Å². The van der Waals surface area contributed by atoms with Crippen LogP contribution in [0.5, 0.6) is 11.5 Å². The van der Waals surface area contributed by atoms with Crippen molar-refractivity contribution < 1.29 is 18.7 Å². The van der Waals surface area contributed by atoms with Crippen LogP contribution < -0.4 is 20.1 Å². The number of carbonyl (C=O) groups excluding carboxylic acids is 1. The zero-order chi connectivity index (χ0) is 20.6. The molecule has 1 unspecified atom stereocenters. The number of carbonyl (C=O) groups is 1. The third kappa shape index (κ3) is 6.33. The molecule has 29 heavy (non-hydrogen) atoms. The molecule has 2 amide bonds. The van der Waals surface area contributed by atoms with E-state index in [1.165, 1.54) is 23.9 Å². The molecule has 152 valence electrons. The molecule has 1 atom stereocenters. The number of anilines is 1. The van der Waals surface area contributed by atoms with Crippen LogP contribution >= 0.6 is 23.3 Å². The van der Waals surface area contributed by atoms with E-state index in [1.807, 2.05) is 24.3 Å². The predicted octanol–water partition coefficient (Wildman–Crippen LogP) is 4.43. The summed E-state index contributed by atoms with van der Waals surface area (Å²) in [7, 11) is 1.61. The Bertz CT molecular complexity index is 953. The highest BCUT2D eigenvalue weighted by atomic mass is 32.2. The van der Waals surface area contributed by atoms with E-state index < -0.39 is 18.0 Å². The molecule has 0 aliphatic carbocycles. The van der Waals surface area contributed by atoms with Crippen LogP contribution in [0.25, 0.3) is 0 Å². The van der Waals surface area contributed by atoms with E-state index in [0.717, 1.165) is 22.2 Å². The largest absolute Gasteiger partial charge is 0.497 e.